The predicted molar refractivity (Wildman–Crippen MR) is 55.4 cm³/mol. The van der Waals surface area contributed by atoms with Gasteiger partial charge in [0.15, 0.2) is 0 Å². The van der Waals surface area contributed by atoms with Gasteiger partial charge in [-0.1, -0.05) is 19.4 Å². The van der Waals surface area contributed by atoms with Crippen molar-refractivity contribution in [3.63, 3.8) is 0 Å². The summed E-state index contributed by atoms with van der Waals surface area (Å²) in [5, 5.41) is 0. The zero-order valence-electron chi connectivity index (χ0n) is 8.54. The summed E-state index contributed by atoms with van der Waals surface area (Å²) in [7, 11) is 0. The van der Waals surface area contributed by atoms with Gasteiger partial charge in [0.2, 0.25) is 0 Å². The maximum atomic E-state index is 4.40. The Balaban J connectivity index is 2.73. The van der Waals surface area contributed by atoms with Gasteiger partial charge in [-0.25, -0.2) is 0 Å². The van der Waals surface area contributed by atoms with Gasteiger partial charge in [0, 0.05) is 0 Å². The molecule has 13 heavy (non-hydrogen) atoms. The van der Waals surface area contributed by atoms with Gasteiger partial charge in [0.05, 0.1) is 23.3 Å². The molecule has 0 saturated heterocycles. The molecule has 0 N–H and O–H groups in total. The first-order valence-corrected chi connectivity index (χ1v) is 4.71. The van der Waals surface area contributed by atoms with E-state index in [-0.39, 0.29) is 0 Å². The maximum absolute atomic E-state index is 4.40. The first kappa shape index (κ1) is 9.90. The monoisotopic (exact) mass is 176 g/mol. The lowest BCUT2D eigenvalue weighted by atomic mass is 10.2. The highest BCUT2D eigenvalue weighted by Gasteiger charge is 1.94. The molecule has 0 atom stereocenters. The van der Waals surface area contributed by atoms with Crippen LogP contribution in [-0.2, 0) is 0 Å². The Morgan fingerprint density at radius 2 is 2.08 bits per heavy atom. The quantitative estimate of drug-likeness (QED) is 0.707. The first-order valence-electron chi connectivity index (χ1n) is 4.71. The van der Waals surface area contributed by atoms with Crippen molar-refractivity contribution in [3.8, 4) is 0 Å². The average Bonchev–Trinajstić information content (AvgIpc) is 2.12. The van der Waals surface area contributed by atoms with E-state index in [0.29, 0.717) is 0 Å². The number of rotatable bonds is 3. The van der Waals surface area contributed by atoms with E-state index in [4.69, 9.17) is 0 Å². The molecule has 0 aliphatic carbocycles. The van der Waals surface area contributed by atoms with Crippen LogP contribution in [0.4, 0.5) is 0 Å². The van der Waals surface area contributed by atoms with Crippen molar-refractivity contribution in [2.24, 2.45) is 0 Å². The second-order valence-electron chi connectivity index (χ2n) is 3.16. The Hall–Kier alpha value is -1.18. The van der Waals surface area contributed by atoms with E-state index in [1.165, 1.54) is 6.42 Å². The molecule has 0 amide bonds. The maximum Gasteiger partial charge on any atom is 0.0813 e. The summed E-state index contributed by atoms with van der Waals surface area (Å²) in [5.41, 5.74) is 2.97. The Kier molecular flexibility index (Phi) is 3.62. The Morgan fingerprint density at radius 3 is 2.69 bits per heavy atom. The molecule has 0 radical (unpaired) electrons. The SMILES string of the molecule is CCC/C=C/c1cnc(C)c(C)n1. The fourth-order valence-corrected chi connectivity index (χ4v) is 1.01. The largest absolute Gasteiger partial charge is 0.257 e. The third kappa shape index (κ3) is 2.98. The minimum Gasteiger partial charge on any atom is -0.257 e. The lowest BCUT2D eigenvalue weighted by molar-refractivity contribution is 0.960. The number of hydrogen-bond acceptors (Lipinski definition) is 2. The summed E-state index contributed by atoms with van der Waals surface area (Å²) in [6.07, 6.45) is 8.26. The van der Waals surface area contributed by atoms with Gasteiger partial charge in [-0.15, -0.1) is 0 Å². The van der Waals surface area contributed by atoms with E-state index >= 15 is 0 Å². The summed E-state index contributed by atoms with van der Waals surface area (Å²) >= 11 is 0. The fraction of sp³-hybridized carbons (Fsp3) is 0.455. The van der Waals surface area contributed by atoms with Crippen LogP contribution >= 0.6 is 0 Å². The highest BCUT2D eigenvalue weighted by atomic mass is 14.8. The smallest absolute Gasteiger partial charge is 0.0813 e. The molecule has 70 valence electrons. The molecule has 0 bridgehead atoms. The third-order valence-electron chi connectivity index (χ3n) is 1.95. The van der Waals surface area contributed by atoms with E-state index in [9.17, 15) is 0 Å². The van der Waals surface area contributed by atoms with Crippen LogP contribution in [0.15, 0.2) is 12.3 Å². The van der Waals surface area contributed by atoms with E-state index in [1.807, 2.05) is 26.1 Å². The molecule has 2 heteroatoms. The second-order valence-corrected chi connectivity index (χ2v) is 3.16. The van der Waals surface area contributed by atoms with Crippen molar-refractivity contribution >= 4 is 6.08 Å². The molecule has 0 fully saturated rings. The molecule has 0 aliphatic heterocycles. The van der Waals surface area contributed by atoms with Crippen LogP contribution in [0.25, 0.3) is 6.08 Å². The van der Waals surface area contributed by atoms with E-state index in [1.54, 1.807) is 0 Å². The Labute approximate surface area is 79.7 Å². The minimum atomic E-state index is 0.955. The minimum absolute atomic E-state index is 0.955. The van der Waals surface area contributed by atoms with Crippen molar-refractivity contribution in [1.82, 2.24) is 9.97 Å². The molecule has 0 unspecified atom stereocenters. The van der Waals surface area contributed by atoms with Crippen LogP contribution in [0.3, 0.4) is 0 Å². The second kappa shape index (κ2) is 4.75. The molecule has 0 aromatic carbocycles. The zero-order valence-corrected chi connectivity index (χ0v) is 8.54. The lowest BCUT2D eigenvalue weighted by Crippen LogP contribution is -1.92. The topological polar surface area (TPSA) is 25.8 Å². The van der Waals surface area contributed by atoms with Gasteiger partial charge in [0.25, 0.3) is 0 Å². The van der Waals surface area contributed by atoms with Crippen molar-refractivity contribution in [2.45, 2.75) is 33.6 Å². The number of hydrogen-bond donors (Lipinski definition) is 0. The summed E-state index contributed by atoms with van der Waals surface area (Å²) in [6.45, 7) is 6.12. The summed E-state index contributed by atoms with van der Waals surface area (Å²) in [5.74, 6) is 0. The normalized spacial score (nSPS) is 11.0. The molecule has 1 aromatic rings. The number of aryl methyl sites for hydroxylation is 2. The van der Waals surface area contributed by atoms with Gasteiger partial charge >= 0.3 is 0 Å². The van der Waals surface area contributed by atoms with Crippen molar-refractivity contribution in [3.05, 3.63) is 29.4 Å². The number of allylic oxidation sites excluding steroid dienone is 1. The number of unbranched alkanes of at least 4 members (excludes halogenated alkanes) is 1. The molecule has 1 rings (SSSR count). The molecule has 0 aliphatic rings. The van der Waals surface area contributed by atoms with Crippen molar-refractivity contribution in [1.29, 1.82) is 0 Å². The zero-order chi connectivity index (χ0) is 9.68. The van der Waals surface area contributed by atoms with Crippen LogP contribution < -0.4 is 0 Å². The number of nitrogens with zero attached hydrogens (tertiary/aromatic N) is 2. The van der Waals surface area contributed by atoms with Gasteiger partial charge in [-0.3, -0.25) is 9.97 Å². The molecule has 1 heterocycles. The summed E-state index contributed by atoms with van der Waals surface area (Å²) < 4.78 is 0. The third-order valence-corrected chi connectivity index (χ3v) is 1.95. The highest BCUT2D eigenvalue weighted by Crippen LogP contribution is 2.03. The molecule has 0 saturated carbocycles. The Bertz CT molecular complexity index is 303. The standard InChI is InChI=1S/C11H16N2/c1-4-5-6-7-11-8-12-9(2)10(3)13-11/h6-8H,4-5H2,1-3H3/b7-6+. The first-order chi connectivity index (χ1) is 6.24. The van der Waals surface area contributed by atoms with E-state index in [0.717, 1.165) is 23.5 Å². The van der Waals surface area contributed by atoms with Crippen molar-refractivity contribution < 1.29 is 0 Å². The van der Waals surface area contributed by atoms with E-state index < -0.39 is 0 Å². The molecule has 0 spiro atoms. The molecular weight excluding hydrogens is 160 g/mol. The molecular formula is C11H16N2. The van der Waals surface area contributed by atoms with Gasteiger partial charge in [-0.05, 0) is 26.3 Å². The Morgan fingerprint density at radius 1 is 1.31 bits per heavy atom. The van der Waals surface area contributed by atoms with Gasteiger partial charge < -0.3 is 0 Å². The van der Waals surface area contributed by atoms with Crippen LogP contribution in [0.1, 0.15) is 36.8 Å². The fourth-order valence-electron chi connectivity index (χ4n) is 1.01. The van der Waals surface area contributed by atoms with Crippen molar-refractivity contribution in [2.75, 3.05) is 0 Å². The van der Waals surface area contributed by atoms with Crippen LogP contribution in [0.2, 0.25) is 0 Å². The van der Waals surface area contributed by atoms with Crippen LogP contribution in [-0.4, -0.2) is 9.97 Å². The van der Waals surface area contributed by atoms with E-state index in [2.05, 4.69) is 23.0 Å². The number of aromatic nitrogens is 2. The molecule has 2 nitrogen and oxygen atoms in total. The van der Waals surface area contributed by atoms with Crippen LogP contribution in [0.5, 0.6) is 0 Å². The van der Waals surface area contributed by atoms with Gasteiger partial charge in [0.1, 0.15) is 0 Å². The summed E-state index contributed by atoms with van der Waals surface area (Å²) in [6, 6.07) is 0. The van der Waals surface area contributed by atoms with Crippen LogP contribution in [0, 0.1) is 13.8 Å². The van der Waals surface area contributed by atoms with Gasteiger partial charge in [-0.2, -0.15) is 0 Å². The highest BCUT2D eigenvalue weighted by molar-refractivity contribution is 5.43. The summed E-state index contributed by atoms with van der Waals surface area (Å²) in [4.78, 5) is 8.64. The average molecular weight is 176 g/mol. The molecule has 1 aromatic heterocycles. The lowest BCUT2D eigenvalue weighted by Gasteiger charge is -1.98. The predicted octanol–water partition coefficient (Wildman–Crippen LogP) is 2.91.